The van der Waals surface area contributed by atoms with E-state index in [1.54, 1.807) is 0 Å². The first-order valence-corrected chi connectivity index (χ1v) is 10.1. The van der Waals surface area contributed by atoms with E-state index < -0.39 is 0 Å². The van der Waals surface area contributed by atoms with E-state index in [0.717, 1.165) is 51.3 Å². The molecule has 2 fully saturated rings. The fourth-order valence-corrected chi connectivity index (χ4v) is 3.99. The minimum atomic E-state index is 0.0263. The number of likely N-dealkylation sites (tertiary alicyclic amines) is 1. The van der Waals surface area contributed by atoms with Crippen LogP contribution in [0.25, 0.3) is 0 Å². The molecule has 2 unspecified atom stereocenters. The first-order chi connectivity index (χ1) is 12.6. The summed E-state index contributed by atoms with van der Waals surface area (Å²) >= 11 is 0. The van der Waals surface area contributed by atoms with Crippen LogP contribution < -0.4 is 15.4 Å². The van der Waals surface area contributed by atoms with E-state index in [1.165, 1.54) is 18.4 Å². The Balaban J connectivity index is 1.46. The lowest BCUT2D eigenvalue weighted by Crippen LogP contribution is -2.45. The quantitative estimate of drug-likeness (QED) is 0.786. The second kappa shape index (κ2) is 9.38. The molecule has 2 heterocycles. The Kier molecular flexibility index (Phi) is 6.92. The van der Waals surface area contributed by atoms with E-state index in [2.05, 4.69) is 47.6 Å². The number of ether oxygens (including phenoxy) is 1. The Morgan fingerprint density at radius 3 is 3.00 bits per heavy atom. The Morgan fingerprint density at radius 2 is 2.23 bits per heavy atom. The van der Waals surface area contributed by atoms with Crippen molar-refractivity contribution in [3.63, 3.8) is 0 Å². The Labute approximate surface area is 157 Å². The number of carbonyl (C=O) groups excluding carboxylic acids is 1. The lowest BCUT2D eigenvalue weighted by atomic mass is 9.97. The van der Waals surface area contributed by atoms with Crippen molar-refractivity contribution < 1.29 is 9.53 Å². The molecule has 3 rings (SSSR count). The van der Waals surface area contributed by atoms with Gasteiger partial charge in [0.2, 0.25) is 5.91 Å². The summed E-state index contributed by atoms with van der Waals surface area (Å²) in [6.45, 7) is 8.99. The average molecular weight is 360 g/mol. The summed E-state index contributed by atoms with van der Waals surface area (Å²) in [6, 6.07) is 8.44. The summed E-state index contributed by atoms with van der Waals surface area (Å²) < 4.78 is 5.81. The normalized spacial score (nSPS) is 24.0. The van der Waals surface area contributed by atoms with E-state index in [9.17, 15) is 4.79 Å². The Morgan fingerprint density at radius 1 is 1.35 bits per heavy atom. The van der Waals surface area contributed by atoms with Crippen LogP contribution in [0.1, 0.15) is 45.1 Å². The van der Waals surface area contributed by atoms with Gasteiger partial charge in [0.25, 0.3) is 0 Å². The van der Waals surface area contributed by atoms with Crippen LogP contribution in [0.2, 0.25) is 0 Å². The molecule has 1 aromatic carbocycles. The molecule has 2 saturated heterocycles. The number of hydrogen-bond acceptors (Lipinski definition) is 4. The van der Waals surface area contributed by atoms with Crippen LogP contribution >= 0.6 is 0 Å². The molecule has 1 amide bonds. The molecule has 5 nitrogen and oxygen atoms in total. The van der Waals surface area contributed by atoms with Gasteiger partial charge >= 0.3 is 0 Å². The van der Waals surface area contributed by atoms with Crippen molar-refractivity contribution >= 4 is 5.91 Å². The van der Waals surface area contributed by atoms with Gasteiger partial charge in [-0.1, -0.05) is 12.1 Å². The molecule has 0 spiro atoms. The summed E-state index contributed by atoms with van der Waals surface area (Å²) in [5, 5.41) is 6.43. The molecule has 2 aliphatic heterocycles. The smallest absolute Gasteiger partial charge is 0.237 e. The lowest BCUT2D eigenvalue weighted by Gasteiger charge is -2.33. The van der Waals surface area contributed by atoms with E-state index in [1.807, 2.05) is 6.07 Å². The van der Waals surface area contributed by atoms with Gasteiger partial charge in [-0.3, -0.25) is 9.69 Å². The van der Waals surface area contributed by atoms with E-state index in [-0.39, 0.29) is 18.1 Å². The maximum Gasteiger partial charge on any atom is 0.237 e. The molecule has 5 heteroatoms. The molecule has 0 saturated carbocycles. The number of amides is 1. The number of hydrogen-bond donors (Lipinski definition) is 2. The second-order valence-corrected chi connectivity index (χ2v) is 7.95. The summed E-state index contributed by atoms with van der Waals surface area (Å²) in [5.41, 5.74) is 1.29. The summed E-state index contributed by atoms with van der Waals surface area (Å²) in [6.07, 6.45) is 4.67. The average Bonchev–Trinajstić information content (AvgIpc) is 3.14. The maximum absolute atomic E-state index is 12.2. The van der Waals surface area contributed by atoms with E-state index in [4.69, 9.17) is 4.74 Å². The zero-order valence-corrected chi connectivity index (χ0v) is 16.2. The lowest BCUT2D eigenvalue weighted by molar-refractivity contribution is -0.123. The molecular weight excluding hydrogens is 326 g/mol. The minimum Gasteiger partial charge on any atom is -0.491 e. The molecule has 26 heavy (non-hydrogen) atoms. The van der Waals surface area contributed by atoms with Gasteiger partial charge in [-0.25, -0.2) is 0 Å². The highest BCUT2D eigenvalue weighted by Crippen LogP contribution is 2.21. The molecule has 2 N–H and O–H groups in total. The Hall–Kier alpha value is -1.59. The van der Waals surface area contributed by atoms with Crippen molar-refractivity contribution in [2.24, 2.45) is 5.92 Å². The maximum atomic E-state index is 12.2. The van der Waals surface area contributed by atoms with Crippen molar-refractivity contribution in [2.75, 3.05) is 26.2 Å². The van der Waals surface area contributed by atoms with E-state index in [0.29, 0.717) is 5.92 Å². The molecule has 0 radical (unpaired) electrons. The zero-order valence-electron chi connectivity index (χ0n) is 16.2. The number of carbonyl (C=O) groups is 1. The second-order valence-electron chi connectivity index (χ2n) is 7.95. The molecule has 0 aliphatic carbocycles. The summed E-state index contributed by atoms with van der Waals surface area (Å²) in [4.78, 5) is 14.7. The van der Waals surface area contributed by atoms with Crippen LogP contribution in [0.15, 0.2) is 24.3 Å². The molecule has 144 valence electrons. The number of rotatable bonds is 7. The third kappa shape index (κ3) is 5.71. The van der Waals surface area contributed by atoms with Crippen molar-refractivity contribution in [1.82, 2.24) is 15.5 Å². The highest BCUT2D eigenvalue weighted by Gasteiger charge is 2.24. The van der Waals surface area contributed by atoms with Crippen molar-refractivity contribution in [3.05, 3.63) is 29.8 Å². The third-order valence-electron chi connectivity index (χ3n) is 5.22. The highest BCUT2D eigenvalue weighted by molar-refractivity contribution is 5.81. The first kappa shape index (κ1) is 19.2. The van der Waals surface area contributed by atoms with Crippen LogP contribution in [-0.4, -0.2) is 49.1 Å². The zero-order chi connectivity index (χ0) is 18.4. The van der Waals surface area contributed by atoms with Gasteiger partial charge in [0, 0.05) is 19.6 Å². The Bertz CT molecular complexity index is 584. The molecule has 1 aromatic rings. The highest BCUT2D eigenvalue weighted by atomic mass is 16.5. The van der Waals surface area contributed by atoms with Gasteiger partial charge in [-0.2, -0.15) is 0 Å². The van der Waals surface area contributed by atoms with Crippen LogP contribution in [0.4, 0.5) is 0 Å². The summed E-state index contributed by atoms with van der Waals surface area (Å²) in [7, 11) is 0. The monoisotopic (exact) mass is 359 g/mol. The number of nitrogens with one attached hydrogen (secondary N) is 2. The standard InChI is InChI=1S/C21H33N3O2/c1-16(2)26-19-8-3-6-17(12-19)14-24-11-5-7-18(15-24)13-23-21(25)20-9-4-10-22-20/h3,6,8,12,16,18,20,22H,4-5,7,9-11,13-15H2,1-2H3,(H,23,25). The fourth-order valence-electron chi connectivity index (χ4n) is 3.99. The van der Waals surface area contributed by atoms with Gasteiger partial charge in [-0.15, -0.1) is 0 Å². The largest absolute Gasteiger partial charge is 0.491 e. The van der Waals surface area contributed by atoms with Crippen LogP contribution in [0.5, 0.6) is 5.75 Å². The first-order valence-electron chi connectivity index (χ1n) is 10.1. The number of piperidine rings is 1. The predicted octanol–water partition coefficient (Wildman–Crippen LogP) is 2.55. The SMILES string of the molecule is CC(C)Oc1cccc(CN2CCCC(CNC(=O)C3CCCN3)C2)c1. The van der Waals surface area contributed by atoms with Gasteiger partial charge in [0.15, 0.2) is 0 Å². The summed E-state index contributed by atoms with van der Waals surface area (Å²) in [5.74, 6) is 1.67. The van der Waals surface area contributed by atoms with Gasteiger partial charge < -0.3 is 15.4 Å². The van der Waals surface area contributed by atoms with Crippen LogP contribution in [0, 0.1) is 5.92 Å². The van der Waals surface area contributed by atoms with E-state index >= 15 is 0 Å². The molecule has 2 aliphatic rings. The fraction of sp³-hybridized carbons (Fsp3) is 0.667. The number of benzene rings is 1. The van der Waals surface area contributed by atoms with Crippen LogP contribution in [-0.2, 0) is 11.3 Å². The molecular formula is C21H33N3O2. The van der Waals surface area contributed by atoms with Gasteiger partial charge in [-0.05, 0) is 76.2 Å². The third-order valence-corrected chi connectivity index (χ3v) is 5.22. The topological polar surface area (TPSA) is 53.6 Å². The van der Waals surface area contributed by atoms with Crippen molar-refractivity contribution in [1.29, 1.82) is 0 Å². The van der Waals surface area contributed by atoms with Gasteiger partial charge in [0.1, 0.15) is 5.75 Å². The molecule has 0 aromatic heterocycles. The minimum absolute atomic E-state index is 0.0263. The molecule has 0 bridgehead atoms. The molecule has 2 atom stereocenters. The number of nitrogens with zero attached hydrogens (tertiary/aromatic N) is 1. The van der Waals surface area contributed by atoms with Crippen LogP contribution in [0.3, 0.4) is 0 Å². The van der Waals surface area contributed by atoms with Crippen molar-refractivity contribution in [3.8, 4) is 5.75 Å². The van der Waals surface area contributed by atoms with Crippen molar-refractivity contribution in [2.45, 2.75) is 58.2 Å². The predicted molar refractivity (Wildman–Crippen MR) is 104 cm³/mol. The van der Waals surface area contributed by atoms with Gasteiger partial charge in [0.05, 0.1) is 12.1 Å².